The average Bonchev–Trinajstić information content (AvgIpc) is 2.33. The second-order valence-electron chi connectivity index (χ2n) is 5.47. The van der Waals surface area contributed by atoms with Gasteiger partial charge in [-0.25, -0.2) is 4.39 Å². The maximum absolute atomic E-state index is 13.6. The molecule has 1 saturated carbocycles. The molecule has 1 fully saturated rings. The lowest BCUT2D eigenvalue weighted by Crippen LogP contribution is -2.40. The van der Waals surface area contributed by atoms with Crippen LogP contribution in [0.15, 0.2) is 18.2 Å². The maximum atomic E-state index is 13.6. The van der Waals surface area contributed by atoms with E-state index >= 15 is 0 Å². The van der Waals surface area contributed by atoms with E-state index in [2.05, 4.69) is 6.92 Å². The minimum absolute atomic E-state index is 0.134. The molecular formula is C15H22FN. The molecule has 94 valence electrons. The van der Waals surface area contributed by atoms with Gasteiger partial charge in [-0.15, -0.1) is 0 Å². The zero-order valence-electron chi connectivity index (χ0n) is 10.8. The fraction of sp³-hybridized carbons (Fsp3) is 0.600. The van der Waals surface area contributed by atoms with Gasteiger partial charge in [0.25, 0.3) is 0 Å². The molecule has 1 aromatic rings. The number of nitrogens with two attached hydrogens (primary N) is 1. The molecule has 0 atom stereocenters. The highest BCUT2D eigenvalue weighted by atomic mass is 19.1. The fourth-order valence-corrected chi connectivity index (χ4v) is 2.79. The summed E-state index contributed by atoms with van der Waals surface area (Å²) in [4.78, 5) is 0. The number of hydrogen-bond donors (Lipinski definition) is 1. The highest BCUT2D eigenvalue weighted by Crippen LogP contribution is 2.38. The summed E-state index contributed by atoms with van der Waals surface area (Å²) in [7, 11) is 0. The first-order valence-electron chi connectivity index (χ1n) is 6.60. The summed E-state index contributed by atoms with van der Waals surface area (Å²) in [5.74, 6) is 0.673. The summed E-state index contributed by atoms with van der Waals surface area (Å²) in [5, 5.41) is 0. The molecule has 0 unspecified atom stereocenters. The van der Waals surface area contributed by atoms with Crippen LogP contribution < -0.4 is 5.73 Å². The lowest BCUT2D eigenvalue weighted by Gasteiger charge is -2.37. The van der Waals surface area contributed by atoms with Crippen molar-refractivity contribution in [2.75, 3.05) is 0 Å². The predicted molar refractivity (Wildman–Crippen MR) is 69.3 cm³/mol. The van der Waals surface area contributed by atoms with Crippen molar-refractivity contribution in [2.24, 2.45) is 11.7 Å². The van der Waals surface area contributed by atoms with Gasteiger partial charge in [0.15, 0.2) is 0 Å². The van der Waals surface area contributed by atoms with Crippen molar-refractivity contribution in [3.05, 3.63) is 35.1 Å². The normalized spacial score (nSPS) is 29.3. The number of aryl methyl sites for hydroxylation is 1. The standard InChI is InChI=1S/C15H22FN/c1-3-12-6-8-15(17,9-7-12)13-5-4-11(2)14(16)10-13/h4-5,10,12H,3,6-9,17H2,1-2H3. The fourth-order valence-electron chi connectivity index (χ4n) is 2.79. The highest BCUT2D eigenvalue weighted by Gasteiger charge is 2.32. The largest absolute Gasteiger partial charge is 0.321 e. The Hall–Kier alpha value is -0.890. The second-order valence-corrected chi connectivity index (χ2v) is 5.47. The summed E-state index contributed by atoms with van der Waals surface area (Å²) in [6.07, 6.45) is 5.53. The van der Waals surface area contributed by atoms with Gasteiger partial charge < -0.3 is 5.73 Å². The summed E-state index contributed by atoms with van der Waals surface area (Å²) in [5.41, 5.74) is 7.81. The molecule has 0 aromatic heterocycles. The van der Waals surface area contributed by atoms with E-state index < -0.39 is 0 Å². The van der Waals surface area contributed by atoms with E-state index in [1.54, 1.807) is 13.0 Å². The van der Waals surface area contributed by atoms with Crippen LogP contribution in [0.2, 0.25) is 0 Å². The molecule has 1 aromatic carbocycles. The number of benzene rings is 1. The smallest absolute Gasteiger partial charge is 0.126 e. The Labute approximate surface area is 103 Å². The quantitative estimate of drug-likeness (QED) is 0.827. The molecule has 2 heteroatoms. The molecule has 0 saturated heterocycles. The van der Waals surface area contributed by atoms with E-state index in [1.165, 1.54) is 19.3 Å². The van der Waals surface area contributed by atoms with Crippen LogP contribution in [0.3, 0.4) is 0 Å². The Morgan fingerprint density at radius 1 is 1.35 bits per heavy atom. The van der Waals surface area contributed by atoms with Crippen LogP contribution in [-0.2, 0) is 5.54 Å². The lowest BCUT2D eigenvalue weighted by molar-refractivity contribution is 0.231. The molecule has 1 nitrogen and oxygen atoms in total. The van der Waals surface area contributed by atoms with Crippen LogP contribution >= 0.6 is 0 Å². The van der Waals surface area contributed by atoms with Gasteiger partial charge in [-0.3, -0.25) is 0 Å². The number of halogens is 1. The first kappa shape index (κ1) is 12.6. The van der Waals surface area contributed by atoms with Crippen LogP contribution in [-0.4, -0.2) is 0 Å². The van der Waals surface area contributed by atoms with Crippen LogP contribution in [0, 0.1) is 18.7 Å². The SMILES string of the molecule is CCC1CCC(N)(c2ccc(C)c(F)c2)CC1. The van der Waals surface area contributed by atoms with E-state index in [1.807, 2.05) is 12.1 Å². The summed E-state index contributed by atoms with van der Waals surface area (Å²) in [6, 6.07) is 5.46. The van der Waals surface area contributed by atoms with Crippen LogP contribution in [0.1, 0.15) is 50.2 Å². The number of hydrogen-bond acceptors (Lipinski definition) is 1. The predicted octanol–water partition coefficient (Wildman–Crippen LogP) is 3.89. The van der Waals surface area contributed by atoms with Crippen molar-refractivity contribution in [3.63, 3.8) is 0 Å². The average molecular weight is 235 g/mol. The van der Waals surface area contributed by atoms with Gasteiger partial charge in [0.2, 0.25) is 0 Å². The van der Waals surface area contributed by atoms with Gasteiger partial charge in [-0.2, -0.15) is 0 Å². The summed E-state index contributed by atoms with van der Waals surface area (Å²) >= 11 is 0. The molecule has 0 heterocycles. The molecule has 1 aliphatic carbocycles. The summed E-state index contributed by atoms with van der Waals surface area (Å²) < 4.78 is 13.6. The van der Waals surface area contributed by atoms with Gasteiger partial charge in [-0.05, 0) is 55.7 Å². The zero-order valence-corrected chi connectivity index (χ0v) is 10.8. The van der Waals surface area contributed by atoms with E-state index in [0.717, 1.165) is 24.3 Å². The minimum atomic E-state index is -0.305. The van der Waals surface area contributed by atoms with E-state index in [0.29, 0.717) is 5.56 Å². The summed E-state index contributed by atoms with van der Waals surface area (Å²) in [6.45, 7) is 4.02. The van der Waals surface area contributed by atoms with Gasteiger partial charge in [0.05, 0.1) is 0 Å². The monoisotopic (exact) mass is 235 g/mol. The highest BCUT2D eigenvalue weighted by molar-refractivity contribution is 5.29. The molecule has 1 aliphatic rings. The molecule has 2 N–H and O–H groups in total. The number of rotatable bonds is 2. The molecule has 2 rings (SSSR count). The van der Waals surface area contributed by atoms with Crippen molar-refractivity contribution < 1.29 is 4.39 Å². The molecule has 0 bridgehead atoms. The molecular weight excluding hydrogens is 213 g/mol. The minimum Gasteiger partial charge on any atom is -0.321 e. The lowest BCUT2D eigenvalue weighted by atomic mass is 9.72. The first-order valence-corrected chi connectivity index (χ1v) is 6.60. The van der Waals surface area contributed by atoms with Gasteiger partial charge in [-0.1, -0.05) is 25.5 Å². The maximum Gasteiger partial charge on any atom is 0.126 e. The van der Waals surface area contributed by atoms with Crippen LogP contribution in [0.25, 0.3) is 0 Å². The zero-order chi connectivity index (χ0) is 12.5. The van der Waals surface area contributed by atoms with Gasteiger partial charge in [0, 0.05) is 5.54 Å². The third kappa shape index (κ3) is 2.52. The second kappa shape index (κ2) is 4.77. The van der Waals surface area contributed by atoms with Crippen LogP contribution in [0.5, 0.6) is 0 Å². The molecule has 0 radical (unpaired) electrons. The molecule has 17 heavy (non-hydrogen) atoms. The Morgan fingerprint density at radius 2 is 2.00 bits per heavy atom. The molecule has 0 aliphatic heterocycles. The topological polar surface area (TPSA) is 26.0 Å². The van der Waals surface area contributed by atoms with Crippen molar-refractivity contribution in [1.82, 2.24) is 0 Å². The Balaban J connectivity index is 2.18. The van der Waals surface area contributed by atoms with E-state index in [4.69, 9.17) is 5.73 Å². The van der Waals surface area contributed by atoms with Crippen LogP contribution in [0.4, 0.5) is 4.39 Å². The first-order chi connectivity index (χ1) is 8.05. The van der Waals surface area contributed by atoms with Gasteiger partial charge in [0.1, 0.15) is 5.82 Å². The van der Waals surface area contributed by atoms with Crippen molar-refractivity contribution in [1.29, 1.82) is 0 Å². The van der Waals surface area contributed by atoms with E-state index in [9.17, 15) is 4.39 Å². The Morgan fingerprint density at radius 3 is 2.53 bits per heavy atom. The van der Waals surface area contributed by atoms with Crippen molar-refractivity contribution in [3.8, 4) is 0 Å². The van der Waals surface area contributed by atoms with E-state index in [-0.39, 0.29) is 11.4 Å². The third-order valence-electron chi connectivity index (χ3n) is 4.32. The van der Waals surface area contributed by atoms with Crippen molar-refractivity contribution >= 4 is 0 Å². The van der Waals surface area contributed by atoms with Crippen molar-refractivity contribution in [2.45, 2.75) is 51.5 Å². The third-order valence-corrected chi connectivity index (χ3v) is 4.32. The Bertz CT molecular complexity index is 392. The Kier molecular flexibility index (Phi) is 3.53. The molecule has 0 amide bonds. The molecule has 0 spiro atoms. The van der Waals surface area contributed by atoms with Gasteiger partial charge >= 0.3 is 0 Å².